The van der Waals surface area contributed by atoms with Crippen molar-refractivity contribution in [2.45, 2.75) is 336 Å². The number of esters is 3. The van der Waals surface area contributed by atoms with Gasteiger partial charge in [-0.25, -0.2) is 0 Å². The molecule has 0 aliphatic heterocycles. The average Bonchev–Trinajstić information content (AvgIpc) is 3.28. The van der Waals surface area contributed by atoms with Crippen LogP contribution >= 0.6 is 0 Å². The molecule has 0 saturated carbocycles. The van der Waals surface area contributed by atoms with E-state index in [2.05, 4.69) is 27.7 Å². The van der Waals surface area contributed by atoms with E-state index in [9.17, 15) is 14.4 Å². The third kappa shape index (κ3) is 51.4. The summed E-state index contributed by atoms with van der Waals surface area (Å²) in [5.74, 6) is 0.0104. The highest BCUT2D eigenvalue weighted by Gasteiger charge is 2.19. The van der Waals surface area contributed by atoms with E-state index in [1.807, 2.05) is 0 Å². The van der Waals surface area contributed by atoms with Crippen LogP contribution in [0.2, 0.25) is 0 Å². The molecule has 64 heavy (non-hydrogen) atoms. The Kier molecular flexibility index (Phi) is 51.1. The van der Waals surface area contributed by atoms with Gasteiger partial charge in [-0.15, -0.1) is 0 Å². The Morgan fingerprint density at radius 2 is 0.516 bits per heavy atom. The van der Waals surface area contributed by atoms with E-state index in [0.29, 0.717) is 19.3 Å². The van der Waals surface area contributed by atoms with Crippen molar-refractivity contribution in [2.75, 3.05) is 13.2 Å². The highest BCUT2D eigenvalue weighted by atomic mass is 16.6. The normalized spacial score (nSPS) is 12.0. The first kappa shape index (κ1) is 62.4. The molecule has 6 heteroatoms. The molecule has 380 valence electrons. The minimum Gasteiger partial charge on any atom is -0.462 e. The van der Waals surface area contributed by atoms with E-state index in [0.717, 1.165) is 63.7 Å². The molecule has 1 atom stereocenters. The fourth-order valence-electron chi connectivity index (χ4n) is 8.92. The van der Waals surface area contributed by atoms with Gasteiger partial charge in [0.1, 0.15) is 13.2 Å². The van der Waals surface area contributed by atoms with Crippen LogP contribution in [0.1, 0.15) is 329 Å². The maximum atomic E-state index is 12.8. The third-order valence-electron chi connectivity index (χ3n) is 13.3. The molecule has 0 rings (SSSR count). The molecule has 0 amide bonds. The van der Waals surface area contributed by atoms with Crippen LogP contribution in [0.15, 0.2) is 0 Å². The van der Waals surface area contributed by atoms with E-state index < -0.39 is 6.10 Å². The Hall–Kier alpha value is -1.59. The molecule has 0 aromatic rings. The maximum Gasteiger partial charge on any atom is 0.306 e. The molecular weight excluding hydrogens is 793 g/mol. The standard InChI is InChI=1S/C58H112O6/c1-5-7-9-11-13-15-17-18-19-20-21-24-27-30-34-38-42-46-50-57(60)63-53-55(52-62-56(59)49-45-41-37-33-16-14-12-10-8-6-2)64-58(61)51-47-43-39-35-31-28-25-22-23-26-29-32-36-40-44-48-54(3)4/h54-55H,5-53H2,1-4H3/t55-/m0/s1. The van der Waals surface area contributed by atoms with Crippen LogP contribution < -0.4 is 0 Å². The third-order valence-corrected chi connectivity index (χ3v) is 13.3. The van der Waals surface area contributed by atoms with Crippen molar-refractivity contribution < 1.29 is 28.6 Å². The molecule has 0 unspecified atom stereocenters. The summed E-state index contributed by atoms with van der Waals surface area (Å²) in [6.45, 7) is 9.06. The van der Waals surface area contributed by atoms with Gasteiger partial charge in [-0.1, -0.05) is 291 Å². The summed E-state index contributed by atoms with van der Waals surface area (Å²) in [4.78, 5) is 38.1. The number of unbranched alkanes of at least 4 members (excludes halogenated alkanes) is 40. The molecular formula is C58H112O6. The topological polar surface area (TPSA) is 78.9 Å². The number of hydrogen-bond donors (Lipinski definition) is 0. The molecule has 0 saturated heterocycles. The van der Waals surface area contributed by atoms with Crippen LogP contribution in [0.3, 0.4) is 0 Å². The number of carbonyl (C=O) groups excluding carboxylic acids is 3. The fourth-order valence-corrected chi connectivity index (χ4v) is 8.92. The molecule has 0 spiro atoms. The van der Waals surface area contributed by atoms with Gasteiger partial charge in [-0.2, -0.15) is 0 Å². The van der Waals surface area contributed by atoms with Gasteiger partial charge in [0.15, 0.2) is 6.10 Å². The molecule has 0 aliphatic carbocycles. The zero-order chi connectivity index (χ0) is 46.7. The molecule has 0 bridgehead atoms. The Balaban J connectivity index is 4.23. The Labute approximate surface area is 399 Å². The summed E-state index contributed by atoms with van der Waals surface area (Å²) < 4.78 is 16.9. The minimum absolute atomic E-state index is 0.0619. The van der Waals surface area contributed by atoms with E-state index in [1.165, 1.54) is 225 Å². The Morgan fingerprint density at radius 1 is 0.297 bits per heavy atom. The molecule has 0 radical (unpaired) electrons. The quantitative estimate of drug-likeness (QED) is 0.0344. The van der Waals surface area contributed by atoms with Gasteiger partial charge in [0.2, 0.25) is 0 Å². The lowest BCUT2D eigenvalue weighted by Crippen LogP contribution is -2.30. The molecule has 0 aliphatic rings. The zero-order valence-corrected chi connectivity index (χ0v) is 43.8. The van der Waals surface area contributed by atoms with Gasteiger partial charge in [-0.05, 0) is 25.2 Å². The highest BCUT2D eigenvalue weighted by molar-refractivity contribution is 5.71. The molecule has 6 nitrogen and oxygen atoms in total. The maximum absolute atomic E-state index is 12.8. The minimum atomic E-state index is -0.761. The van der Waals surface area contributed by atoms with Crippen LogP contribution in [0.4, 0.5) is 0 Å². The predicted octanol–water partition coefficient (Wildman–Crippen LogP) is 19.0. The fraction of sp³-hybridized carbons (Fsp3) is 0.948. The Bertz CT molecular complexity index is 964. The monoisotopic (exact) mass is 905 g/mol. The number of carbonyl (C=O) groups is 3. The zero-order valence-electron chi connectivity index (χ0n) is 43.8. The van der Waals surface area contributed by atoms with Crippen LogP contribution in [-0.4, -0.2) is 37.2 Å². The van der Waals surface area contributed by atoms with Crippen molar-refractivity contribution in [2.24, 2.45) is 5.92 Å². The van der Waals surface area contributed by atoms with E-state index in [-0.39, 0.29) is 31.1 Å². The van der Waals surface area contributed by atoms with E-state index in [1.54, 1.807) is 0 Å². The lowest BCUT2D eigenvalue weighted by atomic mass is 10.0. The van der Waals surface area contributed by atoms with Crippen LogP contribution in [0.25, 0.3) is 0 Å². The van der Waals surface area contributed by atoms with Gasteiger partial charge in [-0.3, -0.25) is 14.4 Å². The largest absolute Gasteiger partial charge is 0.462 e. The highest BCUT2D eigenvalue weighted by Crippen LogP contribution is 2.18. The van der Waals surface area contributed by atoms with Crippen molar-refractivity contribution in [1.29, 1.82) is 0 Å². The molecule has 0 fully saturated rings. The SMILES string of the molecule is CCCCCCCCCCCCCCCCCCCCC(=O)OC[C@H](COC(=O)CCCCCCCCCCCC)OC(=O)CCCCCCCCCCCCCCCCCC(C)C. The van der Waals surface area contributed by atoms with Crippen LogP contribution in [-0.2, 0) is 28.6 Å². The van der Waals surface area contributed by atoms with Crippen molar-refractivity contribution in [3.8, 4) is 0 Å². The van der Waals surface area contributed by atoms with Crippen molar-refractivity contribution in [3.63, 3.8) is 0 Å². The summed E-state index contributed by atoms with van der Waals surface area (Å²) in [5.41, 5.74) is 0. The number of rotatable bonds is 53. The lowest BCUT2D eigenvalue weighted by Gasteiger charge is -2.18. The number of ether oxygens (including phenoxy) is 3. The summed E-state index contributed by atoms with van der Waals surface area (Å²) in [7, 11) is 0. The molecule has 0 N–H and O–H groups in total. The first-order chi connectivity index (χ1) is 31.4. The summed E-state index contributed by atoms with van der Waals surface area (Å²) in [6.07, 6.45) is 56.7. The first-order valence-electron chi connectivity index (χ1n) is 28.9. The smallest absolute Gasteiger partial charge is 0.306 e. The number of hydrogen-bond acceptors (Lipinski definition) is 6. The van der Waals surface area contributed by atoms with Gasteiger partial charge >= 0.3 is 17.9 Å². The van der Waals surface area contributed by atoms with Crippen LogP contribution in [0.5, 0.6) is 0 Å². The second kappa shape index (κ2) is 52.4. The van der Waals surface area contributed by atoms with Gasteiger partial charge in [0.25, 0.3) is 0 Å². The van der Waals surface area contributed by atoms with Gasteiger partial charge < -0.3 is 14.2 Å². The van der Waals surface area contributed by atoms with Gasteiger partial charge in [0, 0.05) is 19.3 Å². The molecule has 0 aromatic heterocycles. The van der Waals surface area contributed by atoms with Crippen molar-refractivity contribution in [1.82, 2.24) is 0 Å². The summed E-state index contributed by atoms with van der Waals surface area (Å²) >= 11 is 0. The predicted molar refractivity (Wildman–Crippen MR) is 275 cm³/mol. The second-order valence-electron chi connectivity index (χ2n) is 20.4. The lowest BCUT2D eigenvalue weighted by molar-refractivity contribution is -0.167. The second-order valence-corrected chi connectivity index (χ2v) is 20.4. The average molecular weight is 906 g/mol. The van der Waals surface area contributed by atoms with Crippen molar-refractivity contribution >= 4 is 17.9 Å². The van der Waals surface area contributed by atoms with E-state index >= 15 is 0 Å². The van der Waals surface area contributed by atoms with Crippen LogP contribution in [0, 0.1) is 5.92 Å². The summed E-state index contributed by atoms with van der Waals surface area (Å²) in [6, 6.07) is 0. The van der Waals surface area contributed by atoms with Crippen molar-refractivity contribution in [3.05, 3.63) is 0 Å². The Morgan fingerprint density at radius 3 is 0.766 bits per heavy atom. The molecule has 0 aromatic carbocycles. The summed E-state index contributed by atoms with van der Waals surface area (Å²) in [5, 5.41) is 0. The van der Waals surface area contributed by atoms with E-state index in [4.69, 9.17) is 14.2 Å². The van der Waals surface area contributed by atoms with Gasteiger partial charge in [0.05, 0.1) is 0 Å². The first-order valence-corrected chi connectivity index (χ1v) is 28.9. The molecule has 0 heterocycles.